The van der Waals surface area contributed by atoms with Crippen molar-refractivity contribution < 1.29 is 14.1 Å². The van der Waals surface area contributed by atoms with Gasteiger partial charge in [-0.25, -0.2) is 0 Å². The molecule has 1 fully saturated rings. The van der Waals surface area contributed by atoms with Crippen LogP contribution in [0.25, 0.3) is 0 Å². The molecule has 1 saturated heterocycles. The minimum atomic E-state index is -0.178. The number of carbonyl (C=O) groups excluding carboxylic acids is 2. The van der Waals surface area contributed by atoms with Crippen molar-refractivity contribution in [1.29, 1.82) is 0 Å². The van der Waals surface area contributed by atoms with Gasteiger partial charge in [-0.1, -0.05) is 35.5 Å². The molecule has 0 radical (unpaired) electrons. The molecule has 3 aromatic rings. The van der Waals surface area contributed by atoms with Crippen molar-refractivity contribution in [1.82, 2.24) is 19.9 Å². The number of hydrogen-bond acceptors (Lipinski definition) is 6. The average molecular weight is 439 g/mol. The van der Waals surface area contributed by atoms with Crippen molar-refractivity contribution >= 4 is 23.2 Å². The molecular weight excluding hydrogens is 412 g/mol. The Bertz CT molecular complexity index is 1050. The third-order valence-corrected chi connectivity index (χ3v) is 6.60. The Labute approximate surface area is 185 Å². The Morgan fingerprint density at radius 3 is 2.81 bits per heavy atom. The summed E-state index contributed by atoms with van der Waals surface area (Å²) in [6.07, 6.45) is 2.41. The zero-order valence-corrected chi connectivity index (χ0v) is 18.6. The third-order valence-electron chi connectivity index (χ3n) is 5.59. The SMILES string of the molecule is Cc1ccsc1C(=O)N1CCCC1c1noc(CCC(=O)N(C)Cc2ccccc2)n1. The summed E-state index contributed by atoms with van der Waals surface area (Å²) >= 11 is 1.46. The van der Waals surface area contributed by atoms with Gasteiger partial charge in [0.25, 0.3) is 5.91 Å². The molecule has 162 valence electrons. The molecule has 7 nitrogen and oxygen atoms in total. The summed E-state index contributed by atoms with van der Waals surface area (Å²) in [6.45, 7) is 3.20. The van der Waals surface area contributed by atoms with Crippen LogP contribution < -0.4 is 0 Å². The van der Waals surface area contributed by atoms with Crippen molar-refractivity contribution in [2.45, 2.75) is 45.2 Å². The van der Waals surface area contributed by atoms with Gasteiger partial charge in [-0.05, 0) is 42.3 Å². The second kappa shape index (κ2) is 9.43. The number of aromatic nitrogens is 2. The van der Waals surface area contributed by atoms with E-state index in [1.807, 2.05) is 53.6 Å². The number of thiophene rings is 1. The maximum Gasteiger partial charge on any atom is 0.264 e. The van der Waals surface area contributed by atoms with Gasteiger partial charge in [0.2, 0.25) is 11.8 Å². The van der Waals surface area contributed by atoms with Crippen molar-refractivity contribution in [2.24, 2.45) is 0 Å². The maximum atomic E-state index is 13.0. The first kappa shape index (κ1) is 21.2. The van der Waals surface area contributed by atoms with Crippen LogP contribution in [0.4, 0.5) is 0 Å². The molecule has 1 unspecified atom stereocenters. The molecular formula is C23H26N4O3S. The van der Waals surface area contributed by atoms with E-state index in [1.54, 1.807) is 11.9 Å². The van der Waals surface area contributed by atoms with E-state index in [0.29, 0.717) is 37.6 Å². The van der Waals surface area contributed by atoms with Crippen molar-refractivity contribution in [3.8, 4) is 0 Å². The molecule has 2 aromatic heterocycles. The highest BCUT2D eigenvalue weighted by Crippen LogP contribution is 2.33. The molecule has 2 amide bonds. The summed E-state index contributed by atoms with van der Waals surface area (Å²) < 4.78 is 5.40. The van der Waals surface area contributed by atoms with E-state index in [-0.39, 0.29) is 17.9 Å². The molecule has 1 aliphatic rings. The Kier molecular flexibility index (Phi) is 6.46. The number of nitrogens with zero attached hydrogens (tertiary/aromatic N) is 4. The summed E-state index contributed by atoms with van der Waals surface area (Å²) in [7, 11) is 1.79. The standard InChI is InChI=1S/C23H26N4O3S/c1-16-12-14-31-21(16)23(29)27-13-6-9-18(27)22-24-19(30-25-22)10-11-20(28)26(2)15-17-7-4-3-5-8-17/h3-5,7-8,12,14,18H,6,9-11,13,15H2,1-2H3. The minimum absolute atomic E-state index is 0.0226. The fraction of sp³-hybridized carbons (Fsp3) is 0.391. The summed E-state index contributed by atoms with van der Waals surface area (Å²) in [5.41, 5.74) is 2.08. The highest BCUT2D eigenvalue weighted by molar-refractivity contribution is 7.12. The van der Waals surface area contributed by atoms with Crippen molar-refractivity contribution in [3.05, 3.63) is 69.5 Å². The number of aryl methyl sites for hydroxylation is 2. The number of carbonyl (C=O) groups is 2. The van der Waals surface area contributed by atoms with Gasteiger partial charge in [-0.15, -0.1) is 11.3 Å². The summed E-state index contributed by atoms with van der Waals surface area (Å²) in [4.78, 5) is 34.2. The summed E-state index contributed by atoms with van der Waals surface area (Å²) in [6, 6.07) is 11.7. The highest BCUT2D eigenvalue weighted by Gasteiger charge is 2.34. The average Bonchev–Trinajstić information content (AvgIpc) is 3.52. The number of benzene rings is 1. The van der Waals surface area contributed by atoms with Crippen LogP contribution >= 0.6 is 11.3 Å². The van der Waals surface area contributed by atoms with Gasteiger partial charge in [0, 0.05) is 33.0 Å². The van der Waals surface area contributed by atoms with Crippen molar-refractivity contribution in [2.75, 3.05) is 13.6 Å². The number of hydrogen-bond donors (Lipinski definition) is 0. The Morgan fingerprint density at radius 1 is 1.26 bits per heavy atom. The fourth-order valence-corrected chi connectivity index (χ4v) is 4.74. The lowest BCUT2D eigenvalue weighted by atomic mass is 10.2. The predicted molar refractivity (Wildman–Crippen MR) is 118 cm³/mol. The summed E-state index contributed by atoms with van der Waals surface area (Å²) in [5.74, 6) is 1.01. The molecule has 4 rings (SSSR count). The predicted octanol–water partition coefficient (Wildman–Crippen LogP) is 4.01. The minimum Gasteiger partial charge on any atom is -0.341 e. The normalized spacial score (nSPS) is 15.9. The Hall–Kier alpha value is -3.00. The Morgan fingerprint density at radius 2 is 2.06 bits per heavy atom. The summed E-state index contributed by atoms with van der Waals surface area (Å²) in [5, 5.41) is 6.06. The smallest absolute Gasteiger partial charge is 0.264 e. The molecule has 0 spiro atoms. The number of amides is 2. The largest absolute Gasteiger partial charge is 0.341 e. The van der Waals surface area contributed by atoms with Gasteiger partial charge < -0.3 is 14.3 Å². The molecule has 31 heavy (non-hydrogen) atoms. The lowest BCUT2D eigenvalue weighted by molar-refractivity contribution is -0.130. The molecule has 0 aliphatic carbocycles. The van der Waals surface area contributed by atoms with Gasteiger partial charge in [-0.3, -0.25) is 9.59 Å². The van der Waals surface area contributed by atoms with Gasteiger partial charge in [0.15, 0.2) is 5.82 Å². The van der Waals surface area contributed by atoms with Crippen LogP contribution in [0.15, 0.2) is 46.3 Å². The molecule has 1 aromatic carbocycles. The molecule has 1 aliphatic heterocycles. The number of rotatable bonds is 7. The first-order chi connectivity index (χ1) is 15.0. The van der Waals surface area contributed by atoms with Crippen LogP contribution in [0.5, 0.6) is 0 Å². The van der Waals surface area contributed by atoms with E-state index < -0.39 is 0 Å². The van der Waals surface area contributed by atoms with Crippen LogP contribution in [0.1, 0.15) is 57.8 Å². The van der Waals surface area contributed by atoms with Crippen LogP contribution in [0, 0.1) is 6.92 Å². The van der Waals surface area contributed by atoms with E-state index in [0.717, 1.165) is 28.8 Å². The highest BCUT2D eigenvalue weighted by atomic mass is 32.1. The molecule has 3 heterocycles. The van der Waals surface area contributed by atoms with Gasteiger partial charge in [-0.2, -0.15) is 4.98 Å². The fourth-order valence-electron chi connectivity index (χ4n) is 3.86. The van der Waals surface area contributed by atoms with Crippen LogP contribution in [0.3, 0.4) is 0 Å². The first-order valence-corrected chi connectivity index (χ1v) is 11.4. The van der Waals surface area contributed by atoms with Crippen molar-refractivity contribution in [3.63, 3.8) is 0 Å². The number of likely N-dealkylation sites (tertiary alicyclic amines) is 1. The first-order valence-electron chi connectivity index (χ1n) is 10.5. The van der Waals surface area contributed by atoms with E-state index in [1.165, 1.54) is 11.3 Å². The zero-order chi connectivity index (χ0) is 21.8. The third kappa shape index (κ3) is 4.85. The second-order valence-corrected chi connectivity index (χ2v) is 8.79. The van der Waals surface area contributed by atoms with Crippen LogP contribution in [-0.4, -0.2) is 45.3 Å². The van der Waals surface area contributed by atoms with Gasteiger partial charge in [0.1, 0.15) is 0 Å². The van der Waals surface area contributed by atoms with Crippen LogP contribution in [-0.2, 0) is 17.8 Å². The van der Waals surface area contributed by atoms with Gasteiger partial charge >= 0.3 is 0 Å². The van der Waals surface area contributed by atoms with E-state index in [4.69, 9.17) is 4.52 Å². The van der Waals surface area contributed by atoms with Gasteiger partial charge in [0.05, 0.1) is 10.9 Å². The molecule has 0 saturated carbocycles. The van der Waals surface area contributed by atoms with E-state index >= 15 is 0 Å². The zero-order valence-electron chi connectivity index (χ0n) is 17.8. The quantitative estimate of drug-likeness (QED) is 0.557. The van der Waals surface area contributed by atoms with E-state index in [9.17, 15) is 9.59 Å². The topological polar surface area (TPSA) is 79.5 Å². The maximum absolute atomic E-state index is 13.0. The molecule has 8 heteroatoms. The Balaban J connectivity index is 1.35. The molecule has 1 atom stereocenters. The van der Waals surface area contributed by atoms with Crippen LogP contribution in [0.2, 0.25) is 0 Å². The lowest BCUT2D eigenvalue weighted by Crippen LogP contribution is -2.31. The molecule has 0 N–H and O–H groups in total. The van der Waals surface area contributed by atoms with E-state index in [2.05, 4.69) is 10.1 Å². The monoisotopic (exact) mass is 438 g/mol. The lowest BCUT2D eigenvalue weighted by Gasteiger charge is -2.21. The molecule has 0 bridgehead atoms. The second-order valence-electron chi connectivity index (χ2n) is 7.87.